The van der Waals surface area contributed by atoms with Gasteiger partial charge in [0.1, 0.15) is 11.5 Å². The van der Waals surface area contributed by atoms with E-state index in [-0.39, 0.29) is 11.4 Å². The first-order valence-corrected chi connectivity index (χ1v) is 9.62. The number of carbonyl (C=O) groups is 1. The van der Waals surface area contributed by atoms with Crippen molar-refractivity contribution in [2.24, 2.45) is 0 Å². The van der Waals surface area contributed by atoms with Gasteiger partial charge in [-0.2, -0.15) is 0 Å². The first-order valence-electron chi connectivity index (χ1n) is 9.62. The second kappa shape index (κ2) is 7.02. The molecule has 0 spiro atoms. The fourth-order valence-corrected chi connectivity index (χ4v) is 3.74. The molecule has 3 heterocycles. The number of hydrogen-bond donors (Lipinski definition) is 1. The molecule has 0 atom stereocenters. The largest absolute Gasteiger partial charge is 0.464 e. The zero-order valence-corrected chi connectivity index (χ0v) is 16.9. The molecule has 0 amide bonds. The van der Waals surface area contributed by atoms with Crippen molar-refractivity contribution in [2.45, 2.75) is 45.7 Å². The van der Waals surface area contributed by atoms with Gasteiger partial charge in [-0.3, -0.25) is 4.90 Å². The molecule has 0 saturated heterocycles. The van der Waals surface area contributed by atoms with Crippen molar-refractivity contribution in [3.8, 4) is 0 Å². The standard InChI is InChI=1S/C22H26N4O2/c1-22(2,3)21-23-11-14-12-26(10-9-17(14)25-21)13-16-15-7-5-6-8-18(15)24-19(16)20(27)28-4/h5-8,11,24H,9-10,12-13H2,1-4H3. The fraction of sp³-hybridized carbons (Fsp3) is 0.409. The summed E-state index contributed by atoms with van der Waals surface area (Å²) in [5.74, 6) is 0.561. The van der Waals surface area contributed by atoms with Gasteiger partial charge in [0, 0.05) is 65.4 Å². The van der Waals surface area contributed by atoms with Crippen LogP contribution < -0.4 is 0 Å². The van der Waals surface area contributed by atoms with Crippen molar-refractivity contribution in [3.63, 3.8) is 0 Å². The summed E-state index contributed by atoms with van der Waals surface area (Å²) < 4.78 is 4.99. The Morgan fingerprint density at radius 2 is 2.07 bits per heavy atom. The summed E-state index contributed by atoms with van der Waals surface area (Å²) in [5.41, 5.74) is 4.73. The lowest BCUT2D eigenvalue weighted by Gasteiger charge is -2.29. The smallest absolute Gasteiger partial charge is 0.354 e. The fourth-order valence-electron chi connectivity index (χ4n) is 3.74. The predicted molar refractivity (Wildman–Crippen MR) is 108 cm³/mol. The molecule has 4 rings (SSSR count). The highest BCUT2D eigenvalue weighted by Gasteiger charge is 2.25. The molecule has 0 fully saturated rings. The van der Waals surface area contributed by atoms with Gasteiger partial charge in [0.2, 0.25) is 0 Å². The van der Waals surface area contributed by atoms with Crippen molar-refractivity contribution < 1.29 is 9.53 Å². The molecule has 2 aromatic heterocycles. The van der Waals surface area contributed by atoms with E-state index < -0.39 is 0 Å². The third-order valence-corrected chi connectivity index (χ3v) is 5.27. The van der Waals surface area contributed by atoms with E-state index in [0.29, 0.717) is 12.2 Å². The lowest BCUT2D eigenvalue weighted by molar-refractivity contribution is 0.0592. The second-order valence-corrected chi connectivity index (χ2v) is 8.39. The summed E-state index contributed by atoms with van der Waals surface area (Å²) >= 11 is 0. The minimum atomic E-state index is -0.332. The summed E-state index contributed by atoms with van der Waals surface area (Å²) in [6.07, 6.45) is 2.85. The summed E-state index contributed by atoms with van der Waals surface area (Å²) in [6, 6.07) is 7.99. The summed E-state index contributed by atoms with van der Waals surface area (Å²) in [4.78, 5) is 27.2. The maximum atomic E-state index is 12.3. The minimum absolute atomic E-state index is 0.0500. The Morgan fingerprint density at radius 1 is 1.29 bits per heavy atom. The van der Waals surface area contributed by atoms with Crippen LogP contribution in [0, 0.1) is 0 Å². The topological polar surface area (TPSA) is 71.1 Å². The van der Waals surface area contributed by atoms with Gasteiger partial charge < -0.3 is 9.72 Å². The quantitative estimate of drug-likeness (QED) is 0.705. The Kier molecular flexibility index (Phi) is 4.67. The number of aromatic nitrogens is 3. The minimum Gasteiger partial charge on any atom is -0.464 e. The number of ether oxygens (including phenoxy) is 1. The normalized spacial score (nSPS) is 14.9. The van der Waals surface area contributed by atoms with E-state index in [2.05, 4.69) is 35.6 Å². The van der Waals surface area contributed by atoms with E-state index in [1.54, 1.807) is 0 Å². The van der Waals surface area contributed by atoms with Gasteiger partial charge in [0.15, 0.2) is 0 Å². The molecular formula is C22H26N4O2. The third-order valence-electron chi connectivity index (χ3n) is 5.27. The van der Waals surface area contributed by atoms with Crippen LogP contribution >= 0.6 is 0 Å². The van der Waals surface area contributed by atoms with E-state index in [0.717, 1.165) is 47.5 Å². The predicted octanol–water partition coefficient (Wildman–Crippen LogP) is 3.60. The molecular weight excluding hydrogens is 352 g/mol. The lowest BCUT2D eigenvalue weighted by atomic mass is 9.95. The van der Waals surface area contributed by atoms with E-state index >= 15 is 0 Å². The van der Waals surface area contributed by atoms with Gasteiger partial charge in [0.25, 0.3) is 0 Å². The number of fused-ring (bicyclic) bond motifs is 2. The summed E-state index contributed by atoms with van der Waals surface area (Å²) in [6.45, 7) is 8.75. The lowest BCUT2D eigenvalue weighted by Crippen LogP contribution is -2.32. The van der Waals surface area contributed by atoms with Gasteiger partial charge in [-0.25, -0.2) is 14.8 Å². The van der Waals surface area contributed by atoms with E-state index in [1.807, 2.05) is 30.5 Å². The molecule has 0 bridgehead atoms. The Morgan fingerprint density at radius 3 is 2.82 bits per heavy atom. The van der Waals surface area contributed by atoms with Gasteiger partial charge in [0.05, 0.1) is 7.11 Å². The van der Waals surface area contributed by atoms with Gasteiger partial charge in [-0.1, -0.05) is 39.0 Å². The van der Waals surface area contributed by atoms with E-state index in [9.17, 15) is 4.79 Å². The second-order valence-electron chi connectivity index (χ2n) is 8.39. The maximum Gasteiger partial charge on any atom is 0.354 e. The van der Waals surface area contributed by atoms with Crippen molar-refractivity contribution in [1.82, 2.24) is 19.9 Å². The van der Waals surface area contributed by atoms with Crippen LogP contribution in [0.5, 0.6) is 0 Å². The van der Waals surface area contributed by atoms with Crippen LogP contribution in [0.3, 0.4) is 0 Å². The van der Waals surface area contributed by atoms with Crippen molar-refractivity contribution in [1.29, 1.82) is 0 Å². The van der Waals surface area contributed by atoms with E-state index in [1.165, 1.54) is 12.7 Å². The maximum absolute atomic E-state index is 12.3. The highest BCUT2D eigenvalue weighted by molar-refractivity contribution is 5.98. The molecule has 0 aliphatic carbocycles. The number of carbonyl (C=O) groups excluding carboxylic acids is 1. The first kappa shape index (κ1) is 18.6. The SMILES string of the molecule is COC(=O)c1[nH]c2ccccc2c1CN1CCc2nc(C(C)(C)C)ncc2C1. The Hall–Kier alpha value is -2.73. The number of para-hydroxylation sites is 1. The Balaban J connectivity index is 1.62. The zero-order chi connectivity index (χ0) is 19.9. The number of hydrogen-bond acceptors (Lipinski definition) is 5. The molecule has 0 saturated carbocycles. The molecule has 0 radical (unpaired) electrons. The highest BCUT2D eigenvalue weighted by Crippen LogP contribution is 2.27. The third kappa shape index (κ3) is 3.40. The van der Waals surface area contributed by atoms with Crippen LogP contribution in [0.1, 0.15) is 53.9 Å². The summed E-state index contributed by atoms with van der Waals surface area (Å²) in [5, 5.41) is 1.06. The molecule has 146 valence electrons. The van der Waals surface area contributed by atoms with Crippen LogP contribution in [-0.2, 0) is 29.7 Å². The van der Waals surface area contributed by atoms with Crippen LogP contribution in [0.25, 0.3) is 10.9 Å². The molecule has 0 unspecified atom stereocenters. The molecule has 6 heteroatoms. The molecule has 1 aliphatic heterocycles. The number of nitrogens with one attached hydrogen (secondary N) is 1. The number of methoxy groups -OCH3 is 1. The number of rotatable bonds is 3. The average molecular weight is 378 g/mol. The van der Waals surface area contributed by atoms with E-state index in [4.69, 9.17) is 9.72 Å². The molecule has 6 nitrogen and oxygen atoms in total. The number of benzene rings is 1. The number of esters is 1. The van der Waals surface area contributed by atoms with Crippen LogP contribution in [0.2, 0.25) is 0 Å². The summed E-state index contributed by atoms with van der Waals surface area (Å²) in [7, 11) is 1.42. The Bertz CT molecular complexity index is 1030. The van der Waals surface area contributed by atoms with Gasteiger partial charge in [-0.15, -0.1) is 0 Å². The number of nitrogens with zero attached hydrogens (tertiary/aromatic N) is 3. The van der Waals surface area contributed by atoms with Crippen LogP contribution in [-0.4, -0.2) is 39.5 Å². The first-order chi connectivity index (χ1) is 13.4. The number of aromatic amines is 1. The molecule has 28 heavy (non-hydrogen) atoms. The van der Waals surface area contributed by atoms with Crippen molar-refractivity contribution in [3.05, 3.63) is 58.8 Å². The monoisotopic (exact) mass is 378 g/mol. The number of H-pyrrole nitrogens is 1. The Labute approximate surface area is 164 Å². The van der Waals surface area contributed by atoms with Crippen LogP contribution in [0.15, 0.2) is 30.5 Å². The van der Waals surface area contributed by atoms with Gasteiger partial charge in [-0.05, 0) is 6.07 Å². The van der Waals surface area contributed by atoms with Crippen LogP contribution in [0.4, 0.5) is 0 Å². The molecule has 1 aromatic carbocycles. The average Bonchev–Trinajstić information content (AvgIpc) is 3.05. The molecule has 1 aliphatic rings. The van der Waals surface area contributed by atoms with Crippen molar-refractivity contribution >= 4 is 16.9 Å². The molecule has 1 N–H and O–H groups in total. The van der Waals surface area contributed by atoms with Crippen molar-refractivity contribution in [2.75, 3.05) is 13.7 Å². The molecule has 3 aromatic rings. The van der Waals surface area contributed by atoms with Gasteiger partial charge >= 0.3 is 5.97 Å². The highest BCUT2D eigenvalue weighted by atomic mass is 16.5. The zero-order valence-electron chi connectivity index (χ0n) is 16.9.